The summed E-state index contributed by atoms with van der Waals surface area (Å²) in [6, 6.07) is 20.6. The van der Waals surface area contributed by atoms with Crippen LogP contribution in [0.15, 0.2) is 72.8 Å². The van der Waals surface area contributed by atoms with Crippen molar-refractivity contribution in [3.05, 3.63) is 83.9 Å². The van der Waals surface area contributed by atoms with E-state index in [4.69, 9.17) is 39.6 Å². The third kappa shape index (κ3) is 9.28. The third-order valence-corrected chi connectivity index (χ3v) is 12.6. The Morgan fingerprint density at radius 1 is 0.875 bits per heavy atom. The molecule has 2 aromatic carbocycles. The molecule has 0 N–H and O–H groups in total. The van der Waals surface area contributed by atoms with Gasteiger partial charge in [0.25, 0.3) is 0 Å². The van der Waals surface area contributed by atoms with Crippen molar-refractivity contribution in [2.75, 3.05) is 18.1 Å². The van der Waals surface area contributed by atoms with Gasteiger partial charge in [-0.2, -0.15) is 0 Å². The highest BCUT2D eigenvalue weighted by atomic mass is 32.2. The molecule has 4 aliphatic heterocycles. The molecule has 4 aliphatic rings. The van der Waals surface area contributed by atoms with E-state index in [1.807, 2.05) is 79.8 Å². The second-order valence-corrected chi connectivity index (χ2v) is 16.5. The minimum atomic E-state index is -0.392. The molecular weight excluding hydrogens is 645 g/mol. The van der Waals surface area contributed by atoms with Crippen molar-refractivity contribution >= 4 is 23.5 Å². The summed E-state index contributed by atoms with van der Waals surface area (Å²) in [7, 11) is 0. The van der Waals surface area contributed by atoms with Gasteiger partial charge in [0, 0.05) is 19.4 Å². The van der Waals surface area contributed by atoms with Crippen molar-refractivity contribution in [2.45, 2.75) is 125 Å². The van der Waals surface area contributed by atoms with E-state index in [9.17, 15) is 0 Å². The summed E-state index contributed by atoms with van der Waals surface area (Å²) in [6.45, 7) is 7.68. The molecule has 0 radical (unpaired) electrons. The lowest BCUT2D eigenvalue weighted by Gasteiger charge is -2.52. The van der Waals surface area contributed by atoms with Gasteiger partial charge in [0.2, 0.25) is 0 Å². The fourth-order valence-electron chi connectivity index (χ4n) is 7.08. The minimum absolute atomic E-state index is 0.0212. The summed E-state index contributed by atoms with van der Waals surface area (Å²) in [5, 5.41) is 0. The van der Waals surface area contributed by atoms with Gasteiger partial charge in [-0.05, 0) is 56.2 Å². The highest BCUT2D eigenvalue weighted by molar-refractivity contribution is 8.18. The van der Waals surface area contributed by atoms with E-state index in [1.165, 1.54) is 6.42 Å². The zero-order chi connectivity index (χ0) is 33.3. The van der Waals surface area contributed by atoms with E-state index >= 15 is 0 Å². The number of benzene rings is 2. The maximum absolute atomic E-state index is 7.10. The van der Waals surface area contributed by atoms with Gasteiger partial charge in [0.15, 0.2) is 6.29 Å². The van der Waals surface area contributed by atoms with E-state index in [2.05, 4.69) is 43.2 Å². The predicted octanol–water partition coefficient (Wildman–Crippen LogP) is 7.17. The van der Waals surface area contributed by atoms with E-state index in [0.717, 1.165) is 29.1 Å². The van der Waals surface area contributed by atoms with E-state index in [-0.39, 0.29) is 59.0 Å². The minimum Gasteiger partial charge on any atom is -0.369 e. The van der Waals surface area contributed by atoms with E-state index < -0.39 is 6.29 Å². The molecule has 3 saturated heterocycles. The van der Waals surface area contributed by atoms with Crippen molar-refractivity contribution in [1.82, 2.24) is 0 Å². The Balaban J connectivity index is 1.29. The molecule has 260 valence electrons. The number of fused-ring (bicyclic) bond motifs is 2. The molecule has 1 unspecified atom stereocenters. The first-order chi connectivity index (χ1) is 23.4. The van der Waals surface area contributed by atoms with Gasteiger partial charge in [-0.15, -0.1) is 35.9 Å². The summed E-state index contributed by atoms with van der Waals surface area (Å²) >= 11 is 4.06. The molecule has 4 heterocycles. The van der Waals surface area contributed by atoms with Crippen molar-refractivity contribution in [2.24, 2.45) is 0 Å². The highest BCUT2D eigenvalue weighted by Crippen LogP contribution is 2.48. The van der Waals surface area contributed by atoms with Crippen LogP contribution in [0.1, 0.15) is 57.6 Å². The fraction of sp³-hybridized carbons (Fsp3) is 0.590. The maximum Gasteiger partial charge on any atom is 0.155 e. The Labute approximate surface area is 295 Å². The van der Waals surface area contributed by atoms with Gasteiger partial charge in [-0.3, -0.25) is 0 Å². The summed E-state index contributed by atoms with van der Waals surface area (Å²) in [6.07, 6.45) is 9.92. The molecule has 0 saturated carbocycles. The van der Waals surface area contributed by atoms with Crippen molar-refractivity contribution < 1.29 is 33.2 Å². The van der Waals surface area contributed by atoms with Gasteiger partial charge in [0.1, 0.15) is 30.5 Å². The first-order valence-corrected chi connectivity index (χ1v) is 19.4. The van der Waals surface area contributed by atoms with Crippen LogP contribution in [-0.2, 0) is 46.4 Å². The Morgan fingerprint density at radius 3 is 2.17 bits per heavy atom. The van der Waals surface area contributed by atoms with Crippen LogP contribution in [-0.4, -0.2) is 83.4 Å². The van der Waals surface area contributed by atoms with E-state index in [1.54, 1.807) is 0 Å². The van der Waals surface area contributed by atoms with Gasteiger partial charge >= 0.3 is 0 Å². The van der Waals surface area contributed by atoms with Crippen molar-refractivity contribution in [3.8, 4) is 12.3 Å². The quantitative estimate of drug-likeness (QED) is 0.123. The molecule has 0 amide bonds. The molecule has 6 rings (SSSR count). The molecule has 0 aromatic heterocycles. The van der Waals surface area contributed by atoms with Crippen molar-refractivity contribution in [3.63, 3.8) is 0 Å². The predicted molar refractivity (Wildman–Crippen MR) is 192 cm³/mol. The zero-order valence-corrected chi connectivity index (χ0v) is 30.0. The van der Waals surface area contributed by atoms with Crippen molar-refractivity contribution in [1.29, 1.82) is 0 Å². The topological polar surface area (TPSA) is 64.6 Å². The monoisotopic (exact) mass is 694 g/mol. The lowest BCUT2D eigenvalue weighted by atomic mass is 9.86. The normalized spacial score (nSPS) is 33.5. The zero-order valence-electron chi connectivity index (χ0n) is 28.3. The molecule has 2 aromatic rings. The Bertz CT molecular complexity index is 1330. The van der Waals surface area contributed by atoms with Gasteiger partial charge in [-0.1, -0.05) is 72.8 Å². The molecule has 10 atom stereocenters. The standard InChI is InChI=1S/C39H50O7S2/c1-5-14-30-31(43-27(3)40-6-2)19-20-32-33(44-30)23-34-37(46-32)38(42-26-29-17-11-8-12-18-29)36(41-25-28-15-9-7-10-16-28)35(45-34)24-39(4)47-21-13-22-48-39/h1,7-12,15-20,27,30-38H,6,13-14,21-26H2,2-4H3/t27?,30-,31+,32-,33+,34-,35+,36+,37-,38-/m1/s1. The molecule has 48 heavy (non-hydrogen) atoms. The highest BCUT2D eigenvalue weighted by Gasteiger charge is 2.54. The molecule has 9 heteroatoms. The summed E-state index contributed by atoms with van der Waals surface area (Å²) in [4.78, 5) is 0. The SMILES string of the molecule is C#CC[C@H]1O[C@H]2C[C@H]3O[C@@H](CC4(C)SCCCS4)[C@H](OCc4ccccc4)[C@@H](OCc4ccccc4)[C@@H]3O[C@@H]2C=C[C@@H]1OC(C)OCC. The average molecular weight is 695 g/mol. The maximum atomic E-state index is 7.10. The van der Waals surface area contributed by atoms with Crippen LogP contribution in [0.25, 0.3) is 0 Å². The van der Waals surface area contributed by atoms with Gasteiger partial charge in [0.05, 0.1) is 41.7 Å². The lowest BCUT2D eigenvalue weighted by molar-refractivity contribution is -0.301. The Morgan fingerprint density at radius 2 is 1.52 bits per heavy atom. The Hall–Kier alpha value is -1.84. The van der Waals surface area contributed by atoms with Crippen LogP contribution in [0.5, 0.6) is 0 Å². The number of hydrogen-bond donors (Lipinski definition) is 0. The van der Waals surface area contributed by atoms with Crippen LogP contribution in [0.2, 0.25) is 0 Å². The molecule has 7 nitrogen and oxygen atoms in total. The molecule has 0 aliphatic carbocycles. The molecular formula is C39H50O7S2. The number of terminal acetylenes is 1. The third-order valence-electron chi connectivity index (χ3n) is 9.40. The molecule has 0 bridgehead atoms. The van der Waals surface area contributed by atoms with Gasteiger partial charge in [-0.25, -0.2) is 0 Å². The second kappa shape index (κ2) is 17.4. The van der Waals surface area contributed by atoms with E-state index in [0.29, 0.717) is 32.7 Å². The fourth-order valence-corrected chi connectivity index (χ4v) is 10.1. The van der Waals surface area contributed by atoms with Crippen LogP contribution in [0.3, 0.4) is 0 Å². The number of ether oxygens (including phenoxy) is 7. The first kappa shape index (κ1) is 36.0. The lowest BCUT2D eigenvalue weighted by Crippen LogP contribution is -2.65. The number of thioether (sulfide) groups is 2. The van der Waals surface area contributed by atoms with Crippen LogP contribution in [0, 0.1) is 12.3 Å². The number of hydrogen-bond acceptors (Lipinski definition) is 9. The summed E-state index contributed by atoms with van der Waals surface area (Å²) < 4.78 is 46.5. The molecule has 3 fully saturated rings. The largest absolute Gasteiger partial charge is 0.369 e. The van der Waals surface area contributed by atoms with Gasteiger partial charge < -0.3 is 33.2 Å². The smallest absolute Gasteiger partial charge is 0.155 e. The van der Waals surface area contributed by atoms with Crippen LogP contribution in [0.4, 0.5) is 0 Å². The summed E-state index contributed by atoms with van der Waals surface area (Å²) in [5.74, 6) is 5.10. The summed E-state index contributed by atoms with van der Waals surface area (Å²) in [5.41, 5.74) is 2.22. The first-order valence-electron chi connectivity index (χ1n) is 17.4. The molecule has 0 spiro atoms. The number of rotatable bonds is 13. The van der Waals surface area contributed by atoms with Crippen LogP contribution >= 0.6 is 23.5 Å². The van der Waals surface area contributed by atoms with Crippen LogP contribution < -0.4 is 0 Å². The average Bonchev–Trinajstić information content (AvgIpc) is 3.25. The second-order valence-electron chi connectivity index (χ2n) is 13.1. The Kier molecular flexibility index (Phi) is 13.0.